The number of amides is 2. The molecule has 602 valence electrons. The number of aryl methyl sites for hydroxylation is 1. The lowest BCUT2D eigenvalue weighted by Crippen LogP contribution is -2.29. The Bertz CT molecular complexity index is 6670. The molecule has 2 amide bonds. The van der Waals surface area contributed by atoms with E-state index in [0.29, 0.717) is 24.3 Å². The van der Waals surface area contributed by atoms with Gasteiger partial charge in [-0.1, -0.05) is 182 Å². The minimum Gasteiger partial charge on any atom is -0.457 e. The van der Waals surface area contributed by atoms with Gasteiger partial charge < -0.3 is 59.3 Å². The highest BCUT2D eigenvalue weighted by atomic mass is 16.5. The second-order valence-electron chi connectivity index (χ2n) is 29.6. The van der Waals surface area contributed by atoms with E-state index < -0.39 is 0 Å². The second kappa shape index (κ2) is 38.2. The number of H-pyrrole nitrogens is 4. The number of piperidine rings is 1. The molecule has 0 atom stereocenters. The standard InChI is InChI=1S/C29H25N3O3.C29H21N3O2.C26H20N2O.C20H24N4/c1-34-15-14-30-29(33)21-9-7-8-20(16-21)26-19-32-28-25(26)17-22(18-31-28)24-12-5-6-13-27(24)35-23-10-3-2-4-11-23;1-2-15-30-29(33)21-10-8-9-20(16-21)26-19-32-28-25(26)17-22(18-31-28)24-13-6-7-14-27(24)34-23-11-4-3-5-12-23;1-18-25(19-10-4-2-5-11-19)23-16-20(17-27-26(23)28-18)22-14-8-9-15-24(22)29-21-12-6-3-7-13-21;1-23(2)17-8-6-15(7-9-17)16-12-18-19(14-22-20(18)21-13-16)24-10-4-3-5-11-24/h2-13,16-19H,14-15H2,1H3,(H,30,33)(H,31,32);1,3-14,16-19H,15H2,(H,30,33)(H,31,32);2-17H,1H3,(H,27,28);6-9,12-14H,3-5,10-11H2,1-2H3,(H,21,22). The molecule has 18 aromatic rings. The van der Waals surface area contributed by atoms with Crippen LogP contribution in [0.2, 0.25) is 0 Å². The number of anilines is 2. The number of benzene rings is 10. The van der Waals surface area contributed by atoms with Crippen molar-refractivity contribution < 1.29 is 28.5 Å². The number of fused-ring (bicyclic) bond motifs is 4. The van der Waals surface area contributed by atoms with E-state index in [1.54, 1.807) is 19.2 Å². The van der Waals surface area contributed by atoms with Crippen LogP contribution in [0.3, 0.4) is 0 Å². The van der Waals surface area contributed by atoms with Gasteiger partial charge in [0.15, 0.2) is 0 Å². The number of aromatic amines is 4. The van der Waals surface area contributed by atoms with Gasteiger partial charge in [0.05, 0.1) is 18.8 Å². The van der Waals surface area contributed by atoms with Crippen molar-refractivity contribution in [2.24, 2.45) is 0 Å². The molecule has 1 aliphatic heterocycles. The van der Waals surface area contributed by atoms with Crippen molar-refractivity contribution in [1.29, 1.82) is 0 Å². The van der Waals surface area contributed by atoms with Gasteiger partial charge in [-0.2, -0.15) is 0 Å². The molecule has 6 N–H and O–H groups in total. The van der Waals surface area contributed by atoms with Crippen molar-refractivity contribution in [3.63, 3.8) is 0 Å². The summed E-state index contributed by atoms with van der Waals surface area (Å²) in [6, 6.07) is 95.9. The molecule has 122 heavy (non-hydrogen) atoms. The van der Waals surface area contributed by atoms with Crippen molar-refractivity contribution in [1.82, 2.24) is 50.5 Å². The van der Waals surface area contributed by atoms with Crippen LogP contribution in [0.1, 0.15) is 45.7 Å². The first kappa shape index (κ1) is 80.2. The Morgan fingerprint density at radius 3 is 1.32 bits per heavy atom. The molecule has 18 heteroatoms. The van der Waals surface area contributed by atoms with Crippen molar-refractivity contribution in [3.8, 4) is 125 Å². The number of aromatic nitrogens is 8. The topological polar surface area (TPSA) is 216 Å². The highest BCUT2D eigenvalue weighted by Crippen LogP contribution is 2.42. The van der Waals surface area contributed by atoms with Gasteiger partial charge in [-0.05, 0) is 164 Å². The Labute approximate surface area is 708 Å². The number of hydrogen-bond donors (Lipinski definition) is 6. The van der Waals surface area contributed by atoms with Crippen molar-refractivity contribution in [2.75, 3.05) is 63.8 Å². The molecule has 0 radical (unpaired) electrons. The number of para-hydroxylation sites is 6. The van der Waals surface area contributed by atoms with E-state index in [4.69, 9.17) is 30.4 Å². The lowest BCUT2D eigenvalue weighted by Gasteiger charge is -2.28. The van der Waals surface area contributed by atoms with E-state index in [2.05, 4.69) is 167 Å². The number of carbonyl (C=O) groups excluding carboxylic acids is 2. The summed E-state index contributed by atoms with van der Waals surface area (Å²) in [4.78, 5) is 61.4. The average molecular weight is 1600 g/mol. The molecule has 9 heterocycles. The zero-order valence-corrected chi connectivity index (χ0v) is 68.1. The third-order valence-electron chi connectivity index (χ3n) is 21.2. The molecule has 19 rings (SSSR count). The van der Waals surface area contributed by atoms with Gasteiger partial charge in [-0.3, -0.25) is 9.59 Å². The van der Waals surface area contributed by atoms with Crippen LogP contribution in [0.4, 0.5) is 11.4 Å². The van der Waals surface area contributed by atoms with Crippen LogP contribution in [0.15, 0.2) is 335 Å². The fourth-order valence-electron chi connectivity index (χ4n) is 15.1. The molecular weight excluding hydrogens is 1510 g/mol. The summed E-state index contributed by atoms with van der Waals surface area (Å²) in [6.07, 6.45) is 22.7. The zero-order chi connectivity index (χ0) is 83.5. The summed E-state index contributed by atoms with van der Waals surface area (Å²) in [7, 11) is 5.74. The molecule has 8 aromatic heterocycles. The summed E-state index contributed by atoms with van der Waals surface area (Å²) >= 11 is 0. The van der Waals surface area contributed by atoms with Crippen LogP contribution in [0, 0.1) is 19.3 Å². The summed E-state index contributed by atoms with van der Waals surface area (Å²) in [5.74, 6) is 6.77. The number of terminal acetylenes is 1. The number of ether oxygens (including phenoxy) is 4. The van der Waals surface area contributed by atoms with Gasteiger partial charge in [0.2, 0.25) is 0 Å². The van der Waals surface area contributed by atoms with Gasteiger partial charge in [-0.15, -0.1) is 6.42 Å². The van der Waals surface area contributed by atoms with E-state index >= 15 is 0 Å². The first-order valence-electron chi connectivity index (χ1n) is 40.6. The Kier molecular flexibility index (Phi) is 25.1. The zero-order valence-electron chi connectivity index (χ0n) is 68.1. The average Bonchev–Trinajstić information content (AvgIpc) is 1.63. The first-order valence-corrected chi connectivity index (χ1v) is 40.6. The third kappa shape index (κ3) is 18.8. The van der Waals surface area contributed by atoms with E-state index in [1.165, 1.54) is 58.3 Å². The lowest BCUT2D eigenvalue weighted by molar-refractivity contribution is 0.0934. The molecule has 1 aliphatic rings. The number of pyridine rings is 4. The molecule has 0 bridgehead atoms. The van der Waals surface area contributed by atoms with Gasteiger partial charge in [0.1, 0.15) is 57.1 Å². The monoisotopic (exact) mass is 1600 g/mol. The van der Waals surface area contributed by atoms with Gasteiger partial charge in [0.25, 0.3) is 11.8 Å². The Hall–Kier alpha value is -15.6. The summed E-state index contributed by atoms with van der Waals surface area (Å²) < 4.78 is 23.5. The smallest absolute Gasteiger partial charge is 0.252 e. The number of hydrogen-bond acceptors (Lipinski definition) is 12. The summed E-state index contributed by atoms with van der Waals surface area (Å²) in [5.41, 5.74) is 22.5. The molecule has 18 nitrogen and oxygen atoms in total. The number of nitrogens with zero attached hydrogens (tertiary/aromatic N) is 6. The molecular formula is C104H90N12O6. The largest absolute Gasteiger partial charge is 0.457 e. The van der Waals surface area contributed by atoms with E-state index in [1.807, 2.05) is 237 Å². The molecule has 1 saturated heterocycles. The molecule has 0 unspecified atom stereocenters. The number of rotatable bonds is 21. The van der Waals surface area contributed by atoms with Crippen LogP contribution in [-0.2, 0) is 4.74 Å². The van der Waals surface area contributed by atoms with Gasteiger partial charge >= 0.3 is 0 Å². The van der Waals surface area contributed by atoms with Crippen LogP contribution in [0.5, 0.6) is 34.5 Å². The predicted molar refractivity (Wildman–Crippen MR) is 492 cm³/mol. The van der Waals surface area contributed by atoms with Crippen molar-refractivity contribution in [2.45, 2.75) is 26.2 Å². The predicted octanol–water partition coefficient (Wildman–Crippen LogP) is 23.4. The third-order valence-corrected chi connectivity index (χ3v) is 21.2. The number of methoxy groups -OCH3 is 1. The Balaban J connectivity index is 0.000000122. The van der Waals surface area contributed by atoms with Crippen LogP contribution >= 0.6 is 0 Å². The van der Waals surface area contributed by atoms with Crippen LogP contribution < -0.4 is 34.6 Å². The van der Waals surface area contributed by atoms with Gasteiger partial charge in [-0.25, -0.2) is 19.9 Å². The summed E-state index contributed by atoms with van der Waals surface area (Å²) in [5, 5.41) is 9.83. The second-order valence-corrected chi connectivity index (χ2v) is 29.6. The minimum atomic E-state index is -0.203. The maximum Gasteiger partial charge on any atom is 0.252 e. The Morgan fingerprint density at radius 1 is 0.418 bits per heavy atom. The van der Waals surface area contributed by atoms with Gasteiger partial charge in [0, 0.05) is 184 Å². The number of nitrogens with one attached hydrogen (secondary N) is 6. The minimum absolute atomic E-state index is 0.130. The number of carbonyl (C=O) groups is 2. The summed E-state index contributed by atoms with van der Waals surface area (Å²) in [6.45, 7) is 5.51. The van der Waals surface area contributed by atoms with Crippen molar-refractivity contribution in [3.05, 3.63) is 351 Å². The van der Waals surface area contributed by atoms with Crippen molar-refractivity contribution >= 4 is 67.3 Å². The lowest BCUT2D eigenvalue weighted by atomic mass is 10.0. The fourth-order valence-corrected chi connectivity index (χ4v) is 15.1. The molecule has 0 aliphatic carbocycles. The molecule has 0 saturated carbocycles. The van der Waals surface area contributed by atoms with Crippen LogP contribution in [-0.4, -0.2) is 106 Å². The molecule has 10 aromatic carbocycles. The maximum atomic E-state index is 12.5. The Morgan fingerprint density at radius 2 is 0.836 bits per heavy atom. The van der Waals surface area contributed by atoms with E-state index in [-0.39, 0.29) is 18.4 Å². The maximum absolute atomic E-state index is 12.5. The van der Waals surface area contributed by atoms with E-state index in [9.17, 15) is 9.59 Å². The van der Waals surface area contributed by atoms with Crippen LogP contribution in [0.25, 0.3) is 122 Å². The first-order chi connectivity index (χ1) is 60.0. The quantitative estimate of drug-likeness (QED) is 0.0293. The highest BCUT2D eigenvalue weighted by Gasteiger charge is 2.21. The highest BCUT2D eigenvalue weighted by molar-refractivity contribution is 6.02. The normalized spacial score (nSPS) is 11.6. The fraction of sp³-hybridized carbons (Fsp3) is 0.115. The molecule has 0 spiro atoms. The SMILES string of the molecule is C#CCNC(=O)c1cccc(-c2c[nH]c3ncc(-c4ccccc4Oc4ccccc4)cc23)c1.CN(C)c1ccc(-c2cnc3[nH]cc(N4CCCCC4)c3c2)cc1.COCCNC(=O)c1cccc(-c2c[nH]c3ncc(-c4ccccc4Oc4ccccc4)cc23)c1.Cc1[nH]c2ncc(-c3ccccc3Oc3ccccc3)cc2c1-c1ccccc1. The molecule has 1 fully saturated rings. The van der Waals surface area contributed by atoms with E-state index in [0.717, 1.165) is 148 Å².